The molecule has 23 heavy (non-hydrogen) atoms. The standard InChI is InChI=1S/C17H18BrNO4/c1-21-12-4-3-5-14(10-12)23-9-8-19-17(20)15-11-13(22-2)6-7-16(15)18/h3-7,10-11H,8-9H2,1-2H3,(H,19,20). The second kappa shape index (κ2) is 8.43. The normalized spacial score (nSPS) is 10.0. The third-order valence-corrected chi connectivity index (χ3v) is 3.81. The van der Waals surface area contributed by atoms with E-state index in [1.807, 2.05) is 18.2 Å². The number of hydrogen-bond donors (Lipinski definition) is 1. The Morgan fingerprint density at radius 1 is 1.04 bits per heavy atom. The van der Waals surface area contributed by atoms with Crippen molar-refractivity contribution in [3.05, 3.63) is 52.5 Å². The molecule has 2 aromatic carbocycles. The molecule has 2 aromatic rings. The van der Waals surface area contributed by atoms with E-state index in [9.17, 15) is 4.79 Å². The van der Waals surface area contributed by atoms with Crippen LogP contribution < -0.4 is 19.5 Å². The van der Waals surface area contributed by atoms with Gasteiger partial charge in [-0.2, -0.15) is 0 Å². The van der Waals surface area contributed by atoms with Gasteiger partial charge >= 0.3 is 0 Å². The molecule has 122 valence electrons. The fourth-order valence-electron chi connectivity index (χ4n) is 1.93. The molecule has 0 aliphatic carbocycles. The van der Waals surface area contributed by atoms with Crippen molar-refractivity contribution in [3.63, 3.8) is 0 Å². The second-order valence-corrected chi connectivity index (χ2v) is 5.48. The predicted octanol–water partition coefficient (Wildman–Crippen LogP) is 3.28. The van der Waals surface area contributed by atoms with Crippen LogP contribution in [-0.2, 0) is 0 Å². The van der Waals surface area contributed by atoms with Crippen LogP contribution in [0.2, 0.25) is 0 Å². The van der Waals surface area contributed by atoms with Crippen LogP contribution in [0, 0.1) is 0 Å². The molecule has 0 heterocycles. The smallest absolute Gasteiger partial charge is 0.252 e. The number of hydrogen-bond acceptors (Lipinski definition) is 4. The summed E-state index contributed by atoms with van der Waals surface area (Å²) in [5.74, 6) is 1.86. The van der Waals surface area contributed by atoms with Gasteiger partial charge < -0.3 is 19.5 Å². The van der Waals surface area contributed by atoms with Crippen LogP contribution in [0.1, 0.15) is 10.4 Å². The minimum atomic E-state index is -0.190. The number of carbonyl (C=O) groups is 1. The van der Waals surface area contributed by atoms with Crippen molar-refractivity contribution >= 4 is 21.8 Å². The van der Waals surface area contributed by atoms with Crippen molar-refractivity contribution in [1.29, 1.82) is 0 Å². The zero-order chi connectivity index (χ0) is 16.7. The molecule has 1 N–H and O–H groups in total. The van der Waals surface area contributed by atoms with Crippen molar-refractivity contribution < 1.29 is 19.0 Å². The summed E-state index contributed by atoms with van der Waals surface area (Å²) in [5, 5.41) is 2.81. The van der Waals surface area contributed by atoms with E-state index in [2.05, 4.69) is 21.2 Å². The highest BCUT2D eigenvalue weighted by Crippen LogP contribution is 2.22. The fraction of sp³-hybridized carbons (Fsp3) is 0.235. The lowest BCUT2D eigenvalue weighted by Gasteiger charge is -2.10. The maximum Gasteiger partial charge on any atom is 0.252 e. The van der Waals surface area contributed by atoms with E-state index < -0.39 is 0 Å². The lowest BCUT2D eigenvalue weighted by molar-refractivity contribution is 0.0946. The van der Waals surface area contributed by atoms with Gasteiger partial charge in [-0.25, -0.2) is 0 Å². The third kappa shape index (κ3) is 4.89. The average Bonchev–Trinajstić information content (AvgIpc) is 2.59. The summed E-state index contributed by atoms with van der Waals surface area (Å²) in [7, 11) is 3.16. The van der Waals surface area contributed by atoms with Crippen molar-refractivity contribution in [2.24, 2.45) is 0 Å². The topological polar surface area (TPSA) is 56.8 Å². The molecule has 5 nitrogen and oxygen atoms in total. The monoisotopic (exact) mass is 379 g/mol. The number of halogens is 1. The Labute approximate surface area is 143 Å². The van der Waals surface area contributed by atoms with Gasteiger partial charge in [0, 0.05) is 10.5 Å². The minimum absolute atomic E-state index is 0.190. The van der Waals surface area contributed by atoms with Crippen LogP contribution in [0.5, 0.6) is 17.2 Å². The van der Waals surface area contributed by atoms with Crippen LogP contribution in [0.4, 0.5) is 0 Å². The van der Waals surface area contributed by atoms with Crippen molar-refractivity contribution in [2.45, 2.75) is 0 Å². The Morgan fingerprint density at radius 3 is 2.48 bits per heavy atom. The molecular formula is C17H18BrNO4. The molecule has 1 amide bonds. The maximum atomic E-state index is 12.2. The van der Waals surface area contributed by atoms with Crippen LogP contribution in [0.15, 0.2) is 46.9 Å². The summed E-state index contributed by atoms with van der Waals surface area (Å²) in [5.41, 5.74) is 0.519. The summed E-state index contributed by atoms with van der Waals surface area (Å²) >= 11 is 3.36. The fourth-order valence-corrected chi connectivity index (χ4v) is 2.35. The Kier molecular flexibility index (Phi) is 6.29. The number of rotatable bonds is 7. The number of ether oxygens (including phenoxy) is 3. The summed E-state index contributed by atoms with van der Waals surface area (Å²) in [6.07, 6.45) is 0. The van der Waals surface area contributed by atoms with Crippen LogP contribution in [-0.4, -0.2) is 33.3 Å². The summed E-state index contributed by atoms with van der Waals surface area (Å²) in [4.78, 5) is 12.2. The van der Waals surface area contributed by atoms with Gasteiger partial charge in [-0.3, -0.25) is 4.79 Å². The first-order valence-electron chi connectivity index (χ1n) is 7.02. The molecule has 0 atom stereocenters. The molecule has 0 fully saturated rings. The molecule has 0 saturated carbocycles. The lowest BCUT2D eigenvalue weighted by Crippen LogP contribution is -2.28. The van der Waals surface area contributed by atoms with Crippen molar-refractivity contribution in [3.8, 4) is 17.2 Å². The number of methoxy groups -OCH3 is 2. The third-order valence-electron chi connectivity index (χ3n) is 3.12. The largest absolute Gasteiger partial charge is 0.497 e. The molecule has 0 spiro atoms. The van der Waals surface area contributed by atoms with E-state index in [4.69, 9.17) is 14.2 Å². The molecule has 0 bridgehead atoms. The summed E-state index contributed by atoms with van der Waals surface area (Å²) in [6.45, 7) is 0.750. The van der Waals surface area contributed by atoms with E-state index >= 15 is 0 Å². The van der Waals surface area contributed by atoms with Gasteiger partial charge in [-0.15, -0.1) is 0 Å². The van der Waals surface area contributed by atoms with Gasteiger partial charge in [0.2, 0.25) is 0 Å². The molecule has 0 aliphatic heterocycles. The van der Waals surface area contributed by atoms with E-state index in [0.29, 0.717) is 34.7 Å². The van der Waals surface area contributed by atoms with Crippen LogP contribution in [0.3, 0.4) is 0 Å². The Bertz CT molecular complexity index is 675. The number of nitrogens with one attached hydrogen (secondary N) is 1. The highest BCUT2D eigenvalue weighted by atomic mass is 79.9. The Morgan fingerprint density at radius 2 is 1.74 bits per heavy atom. The minimum Gasteiger partial charge on any atom is -0.497 e. The molecule has 0 aliphatic rings. The molecule has 0 aromatic heterocycles. The SMILES string of the molecule is COc1cccc(OCCNC(=O)c2cc(OC)ccc2Br)c1. The zero-order valence-electron chi connectivity index (χ0n) is 13.0. The molecule has 6 heteroatoms. The molecule has 0 saturated heterocycles. The number of benzene rings is 2. The number of carbonyl (C=O) groups excluding carboxylic acids is 1. The summed E-state index contributed by atoms with van der Waals surface area (Å²) in [6, 6.07) is 12.6. The summed E-state index contributed by atoms with van der Waals surface area (Å²) < 4.78 is 16.5. The molecule has 2 rings (SSSR count). The Balaban J connectivity index is 1.85. The highest BCUT2D eigenvalue weighted by molar-refractivity contribution is 9.10. The van der Waals surface area contributed by atoms with Crippen molar-refractivity contribution in [1.82, 2.24) is 5.32 Å². The predicted molar refractivity (Wildman–Crippen MR) is 91.5 cm³/mol. The van der Waals surface area contributed by atoms with Crippen LogP contribution in [0.25, 0.3) is 0 Å². The van der Waals surface area contributed by atoms with Gasteiger partial charge in [0.25, 0.3) is 5.91 Å². The molecule has 0 unspecified atom stereocenters. The van der Waals surface area contributed by atoms with Gasteiger partial charge in [0.15, 0.2) is 0 Å². The second-order valence-electron chi connectivity index (χ2n) is 4.63. The zero-order valence-corrected chi connectivity index (χ0v) is 14.6. The van der Waals surface area contributed by atoms with Gasteiger partial charge in [-0.05, 0) is 46.3 Å². The highest BCUT2D eigenvalue weighted by Gasteiger charge is 2.10. The first-order valence-corrected chi connectivity index (χ1v) is 7.82. The van der Waals surface area contributed by atoms with Crippen LogP contribution >= 0.6 is 15.9 Å². The maximum absolute atomic E-state index is 12.2. The number of amides is 1. The van der Waals surface area contributed by atoms with E-state index in [-0.39, 0.29) is 5.91 Å². The van der Waals surface area contributed by atoms with E-state index in [0.717, 1.165) is 5.75 Å². The first-order chi connectivity index (χ1) is 11.1. The molecule has 0 radical (unpaired) electrons. The van der Waals surface area contributed by atoms with E-state index in [1.165, 1.54) is 0 Å². The average molecular weight is 380 g/mol. The first kappa shape index (κ1) is 17.1. The Hall–Kier alpha value is -2.21. The quantitative estimate of drug-likeness (QED) is 0.750. The lowest BCUT2D eigenvalue weighted by atomic mass is 10.2. The van der Waals surface area contributed by atoms with E-state index in [1.54, 1.807) is 38.5 Å². The van der Waals surface area contributed by atoms with Gasteiger partial charge in [0.05, 0.1) is 26.3 Å². The molecular weight excluding hydrogens is 362 g/mol. The van der Waals surface area contributed by atoms with Gasteiger partial charge in [0.1, 0.15) is 23.9 Å². The van der Waals surface area contributed by atoms with Crippen molar-refractivity contribution in [2.75, 3.05) is 27.4 Å². The van der Waals surface area contributed by atoms with Gasteiger partial charge in [-0.1, -0.05) is 6.07 Å².